The molecule has 0 radical (unpaired) electrons. The van der Waals surface area contributed by atoms with Crippen LogP contribution in [0.1, 0.15) is 44.6 Å². The van der Waals surface area contributed by atoms with E-state index in [4.69, 9.17) is 5.73 Å². The number of carbonyl (C=O) groups excluding carboxylic acids is 1. The lowest BCUT2D eigenvalue weighted by molar-refractivity contribution is -0.116. The molecule has 2 aliphatic rings. The van der Waals surface area contributed by atoms with Gasteiger partial charge in [-0.15, -0.1) is 0 Å². The van der Waals surface area contributed by atoms with E-state index in [2.05, 4.69) is 17.6 Å². The summed E-state index contributed by atoms with van der Waals surface area (Å²) >= 11 is 0. The zero-order valence-corrected chi connectivity index (χ0v) is 12.1. The Morgan fingerprint density at radius 3 is 2.85 bits per heavy atom. The first kappa shape index (κ1) is 13.3. The summed E-state index contributed by atoms with van der Waals surface area (Å²) in [6, 6.07) is 3.99. The first-order valence-electron chi connectivity index (χ1n) is 7.58. The molecule has 1 aromatic rings. The minimum Gasteiger partial charge on any atom is -0.397 e. The van der Waals surface area contributed by atoms with Crippen LogP contribution in [0.25, 0.3) is 0 Å². The fraction of sp³-hybridized carbons (Fsp3) is 0.562. The summed E-state index contributed by atoms with van der Waals surface area (Å²) in [5.74, 6) is 0.0952. The average Bonchev–Trinajstić information content (AvgIpc) is 3.17. The second-order valence-corrected chi connectivity index (χ2v) is 6.25. The highest BCUT2D eigenvalue weighted by atomic mass is 16.1. The van der Waals surface area contributed by atoms with Gasteiger partial charge in [-0.2, -0.15) is 0 Å². The number of anilines is 3. The van der Waals surface area contributed by atoms with E-state index in [1.165, 1.54) is 25.7 Å². The van der Waals surface area contributed by atoms with Gasteiger partial charge in [-0.25, -0.2) is 0 Å². The van der Waals surface area contributed by atoms with Gasteiger partial charge in [0.15, 0.2) is 0 Å². The van der Waals surface area contributed by atoms with Gasteiger partial charge in [0.05, 0.1) is 11.4 Å². The summed E-state index contributed by atoms with van der Waals surface area (Å²) in [5, 5.41) is 6.42. The smallest absolute Gasteiger partial charge is 0.224 e. The van der Waals surface area contributed by atoms with Crippen molar-refractivity contribution in [3.05, 3.63) is 17.7 Å². The molecular formula is C16H23N3O. The van der Waals surface area contributed by atoms with Gasteiger partial charge >= 0.3 is 0 Å². The molecule has 4 N–H and O–H groups in total. The molecule has 0 unspecified atom stereocenters. The quantitative estimate of drug-likeness (QED) is 0.722. The van der Waals surface area contributed by atoms with Gasteiger partial charge in [0.2, 0.25) is 5.91 Å². The molecule has 3 rings (SSSR count). The number of hydrogen-bond donors (Lipinski definition) is 3. The standard InChI is InChI=1S/C16H23N3O/c1-2-5-16(6-7-16)10-18-14-9-13-11(8-12(14)17)3-4-15(20)19-13/h8-9,18H,2-7,10,17H2,1H3,(H,19,20). The fourth-order valence-corrected chi connectivity index (χ4v) is 3.11. The number of aryl methyl sites for hydroxylation is 1. The van der Waals surface area contributed by atoms with Gasteiger partial charge in [-0.05, 0) is 48.8 Å². The summed E-state index contributed by atoms with van der Waals surface area (Å²) in [5.41, 5.74) is 10.4. The van der Waals surface area contributed by atoms with Crippen LogP contribution in [-0.2, 0) is 11.2 Å². The van der Waals surface area contributed by atoms with E-state index in [0.717, 1.165) is 35.6 Å². The van der Waals surface area contributed by atoms with Gasteiger partial charge in [0.1, 0.15) is 0 Å². The number of fused-ring (bicyclic) bond motifs is 1. The van der Waals surface area contributed by atoms with Crippen molar-refractivity contribution in [2.24, 2.45) is 5.41 Å². The molecule has 20 heavy (non-hydrogen) atoms. The molecule has 0 spiro atoms. The molecule has 0 aromatic heterocycles. The number of benzene rings is 1. The first-order chi connectivity index (χ1) is 9.62. The van der Waals surface area contributed by atoms with Crippen molar-refractivity contribution in [3.8, 4) is 0 Å². The SMILES string of the molecule is CCCC1(CNc2cc3c(cc2N)CCC(=O)N3)CC1. The maximum atomic E-state index is 11.5. The van der Waals surface area contributed by atoms with Gasteiger partial charge < -0.3 is 16.4 Å². The number of hydrogen-bond acceptors (Lipinski definition) is 3. The first-order valence-corrected chi connectivity index (χ1v) is 7.58. The van der Waals surface area contributed by atoms with E-state index in [0.29, 0.717) is 11.8 Å². The molecule has 0 saturated heterocycles. The van der Waals surface area contributed by atoms with Crippen LogP contribution in [0.15, 0.2) is 12.1 Å². The summed E-state index contributed by atoms with van der Waals surface area (Å²) < 4.78 is 0. The summed E-state index contributed by atoms with van der Waals surface area (Å²) in [7, 11) is 0. The number of rotatable bonds is 5. The van der Waals surface area contributed by atoms with Crippen LogP contribution in [0.2, 0.25) is 0 Å². The van der Waals surface area contributed by atoms with Gasteiger partial charge in [0, 0.05) is 18.7 Å². The van der Waals surface area contributed by atoms with E-state index in [1.54, 1.807) is 0 Å². The maximum Gasteiger partial charge on any atom is 0.224 e. The zero-order chi connectivity index (χ0) is 14.2. The molecule has 108 valence electrons. The Labute approximate surface area is 120 Å². The number of nitrogens with two attached hydrogens (primary N) is 1. The van der Waals surface area contributed by atoms with Crippen LogP contribution in [0.4, 0.5) is 17.1 Å². The molecule has 1 heterocycles. The topological polar surface area (TPSA) is 67.1 Å². The van der Waals surface area contributed by atoms with Gasteiger partial charge in [-0.3, -0.25) is 4.79 Å². The predicted octanol–water partition coefficient (Wildman–Crippen LogP) is 3.15. The maximum absolute atomic E-state index is 11.5. The fourth-order valence-electron chi connectivity index (χ4n) is 3.11. The lowest BCUT2D eigenvalue weighted by Crippen LogP contribution is -2.20. The van der Waals surface area contributed by atoms with Crippen molar-refractivity contribution >= 4 is 23.0 Å². The molecule has 4 nitrogen and oxygen atoms in total. The van der Waals surface area contributed by atoms with Gasteiger partial charge in [0.25, 0.3) is 0 Å². The summed E-state index contributed by atoms with van der Waals surface area (Å²) in [4.78, 5) is 11.5. The minimum absolute atomic E-state index is 0.0952. The van der Waals surface area contributed by atoms with E-state index >= 15 is 0 Å². The third kappa shape index (κ3) is 2.60. The monoisotopic (exact) mass is 273 g/mol. The van der Waals surface area contributed by atoms with Crippen molar-refractivity contribution in [2.45, 2.75) is 45.4 Å². The molecule has 1 aliphatic heterocycles. The van der Waals surface area contributed by atoms with E-state index in [9.17, 15) is 4.79 Å². The number of amides is 1. The number of nitrogen functional groups attached to an aromatic ring is 1. The molecule has 1 saturated carbocycles. The third-order valence-corrected chi connectivity index (χ3v) is 4.56. The highest BCUT2D eigenvalue weighted by Crippen LogP contribution is 2.49. The van der Waals surface area contributed by atoms with Crippen LogP contribution in [0.5, 0.6) is 0 Å². The Morgan fingerprint density at radius 2 is 2.15 bits per heavy atom. The predicted molar refractivity (Wildman–Crippen MR) is 82.9 cm³/mol. The zero-order valence-electron chi connectivity index (χ0n) is 12.1. The number of carbonyl (C=O) groups is 1. The highest BCUT2D eigenvalue weighted by molar-refractivity contribution is 5.95. The van der Waals surface area contributed by atoms with E-state index < -0.39 is 0 Å². The average molecular weight is 273 g/mol. The summed E-state index contributed by atoms with van der Waals surface area (Å²) in [6.45, 7) is 3.22. The third-order valence-electron chi connectivity index (χ3n) is 4.56. The molecular weight excluding hydrogens is 250 g/mol. The second kappa shape index (κ2) is 5.00. The van der Waals surface area contributed by atoms with E-state index in [1.807, 2.05) is 12.1 Å². The van der Waals surface area contributed by atoms with Crippen molar-refractivity contribution < 1.29 is 4.79 Å². The largest absolute Gasteiger partial charge is 0.397 e. The van der Waals surface area contributed by atoms with Crippen LogP contribution in [0.3, 0.4) is 0 Å². The minimum atomic E-state index is 0.0952. The van der Waals surface area contributed by atoms with Crippen LogP contribution in [-0.4, -0.2) is 12.5 Å². The Balaban J connectivity index is 1.73. The highest BCUT2D eigenvalue weighted by Gasteiger charge is 2.41. The summed E-state index contributed by atoms with van der Waals surface area (Å²) in [6.07, 6.45) is 6.48. The van der Waals surface area contributed by atoms with E-state index in [-0.39, 0.29) is 5.91 Å². The van der Waals surface area contributed by atoms with Gasteiger partial charge in [-0.1, -0.05) is 13.3 Å². The lowest BCUT2D eigenvalue weighted by Gasteiger charge is -2.21. The molecule has 1 aromatic carbocycles. The lowest BCUT2D eigenvalue weighted by atomic mass is 9.99. The van der Waals surface area contributed by atoms with Crippen molar-refractivity contribution in [3.63, 3.8) is 0 Å². The van der Waals surface area contributed by atoms with Crippen molar-refractivity contribution in [1.29, 1.82) is 0 Å². The molecule has 0 atom stereocenters. The Morgan fingerprint density at radius 1 is 1.35 bits per heavy atom. The van der Waals surface area contributed by atoms with Crippen molar-refractivity contribution in [1.82, 2.24) is 0 Å². The number of nitrogens with one attached hydrogen (secondary N) is 2. The van der Waals surface area contributed by atoms with Crippen molar-refractivity contribution in [2.75, 3.05) is 22.9 Å². The molecule has 4 heteroatoms. The van der Waals surface area contributed by atoms with Crippen LogP contribution < -0.4 is 16.4 Å². The molecule has 1 amide bonds. The Hall–Kier alpha value is -1.71. The van der Waals surface area contributed by atoms with Crippen LogP contribution >= 0.6 is 0 Å². The normalized spacial score (nSPS) is 19.1. The van der Waals surface area contributed by atoms with Crippen LogP contribution in [0, 0.1) is 5.41 Å². The second-order valence-electron chi connectivity index (χ2n) is 6.25. The molecule has 1 fully saturated rings. The Bertz CT molecular complexity index is 535. The molecule has 1 aliphatic carbocycles. The Kier molecular flexibility index (Phi) is 3.32. The molecule has 0 bridgehead atoms.